The summed E-state index contributed by atoms with van der Waals surface area (Å²) in [6, 6.07) is 20.0. The lowest BCUT2D eigenvalue weighted by Crippen LogP contribution is -2.33. The summed E-state index contributed by atoms with van der Waals surface area (Å²) in [4.78, 5) is 13.0. The fourth-order valence-electron chi connectivity index (χ4n) is 3.95. The van der Waals surface area contributed by atoms with Gasteiger partial charge in [-0.25, -0.2) is 4.68 Å². The second kappa shape index (κ2) is 11.1. The van der Waals surface area contributed by atoms with Crippen molar-refractivity contribution in [3.63, 3.8) is 0 Å². The van der Waals surface area contributed by atoms with E-state index >= 15 is 0 Å². The Hall–Kier alpha value is -3.74. The van der Waals surface area contributed by atoms with Crippen LogP contribution in [0.2, 0.25) is 0 Å². The zero-order valence-corrected chi connectivity index (χ0v) is 20.9. The number of aromatic nitrogens is 4. The van der Waals surface area contributed by atoms with Gasteiger partial charge < -0.3 is 9.73 Å². The van der Waals surface area contributed by atoms with E-state index in [1.54, 1.807) is 6.92 Å². The van der Waals surface area contributed by atoms with E-state index in [0.29, 0.717) is 29.0 Å². The summed E-state index contributed by atoms with van der Waals surface area (Å²) in [5.74, 6) is 1.37. The Morgan fingerprint density at radius 1 is 0.971 bits per heavy atom. The number of hydrogen-bond acceptors (Lipinski definition) is 5. The number of aryl methyl sites for hydroxylation is 3. The van der Waals surface area contributed by atoms with Crippen molar-refractivity contribution < 1.29 is 9.21 Å². The monoisotopic (exact) mass is 471 g/mol. The summed E-state index contributed by atoms with van der Waals surface area (Å²) in [5, 5.41) is 15.9. The van der Waals surface area contributed by atoms with Gasteiger partial charge in [0, 0.05) is 24.2 Å². The zero-order chi connectivity index (χ0) is 24.8. The van der Waals surface area contributed by atoms with Gasteiger partial charge in [-0.05, 0) is 68.4 Å². The second-order valence-corrected chi connectivity index (χ2v) is 9.44. The van der Waals surface area contributed by atoms with Crippen LogP contribution in [0.15, 0.2) is 65.1 Å². The van der Waals surface area contributed by atoms with Gasteiger partial charge in [0.15, 0.2) is 0 Å². The predicted molar refractivity (Wildman–Crippen MR) is 136 cm³/mol. The molecule has 0 spiro atoms. The van der Waals surface area contributed by atoms with Crippen LogP contribution in [0.3, 0.4) is 0 Å². The molecule has 182 valence electrons. The lowest BCUT2D eigenvalue weighted by molar-refractivity contribution is 0.0938. The third kappa shape index (κ3) is 6.44. The second-order valence-electron chi connectivity index (χ2n) is 9.44. The third-order valence-electron chi connectivity index (χ3n) is 5.95. The summed E-state index contributed by atoms with van der Waals surface area (Å²) >= 11 is 0. The molecule has 0 saturated heterocycles. The first-order valence-corrected chi connectivity index (χ1v) is 12.2. The Morgan fingerprint density at radius 3 is 2.49 bits per heavy atom. The Labute approximate surface area is 206 Å². The Bertz CT molecular complexity index is 1260. The number of benzene rings is 2. The van der Waals surface area contributed by atoms with Crippen molar-refractivity contribution in [3.05, 3.63) is 83.4 Å². The number of nitrogens with one attached hydrogen (secondary N) is 1. The van der Waals surface area contributed by atoms with Gasteiger partial charge in [0.25, 0.3) is 11.8 Å². The van der Waals surface area contributed by atoms with E-state index in [-0.39, 0.29) is 11.9 Å². The molecule has 0 radical (unpaired) electrons. The summed E-state index contributed by atoms with van der Waals surface area (Å²) < 4.78 is 7.48. The van der Waals surface area contributed by atoms with Gasteiger partial charge in [0.1, 0.15) is 5.69 Å². The van der Waals surface area contributed by atoms with Gasteiger partial charge >= 0.3 is 0 Å². The fraction of sp³-hybridized carbons (Fsp3) is 0.357. The molecule has 2 aromatic heterocycles. The average Bonchev–Trinajstić information content (AvgIpc) is 3.48. The standard InChI is InChI=1S/C28H33N5O2/c1-19(2)13-16-25-18-26(28-31-30-21(4)35-28)32-33(25)24-12-8-11-23(17-24)27(34)29-20(3)14-15-22-9-6-5-7-10-22/h5-12,17-20H,13-16H2,1-4H3,(H,29,34)/t20-/m1/s1. The highest BCUT2D eigenvalue weighted by Gasteiger charge is 2.17. The molecule has 0 aliphatic heterocycles. The molecule has 4 aromatic rings. The minimum absolute atomic E-state index is 0.0602. The van der Waals surface area contributed by atoms with E-state index in [2.05, 4.69) is 41.5 Å². The highest BCUT2D eigenvalue weighted by atomic mass is 16.4. The molecule has 1 atom stereocenters. The van der Waals surface area contributed by atoms with E-state index in [0.717, 1.165) is 37.1 Å². The van der Waals surface area contributed by atoms with E-state index < -0.39 is 0 Å². The highest BCUT2D eigenvalue weighted by Crippen LogP contribution is 2.23. The maximum atomic E-state index is 13.0. The van der Waals surface area contributed by atoms with Crippen molar-refractivity contribution in [2.45, 2.75) is 59.4 Å². The minimum atomic E-state index is -0.0870. The van der Waals surface area contributed by atoms with Gasteiger partial charge in [-0.3, -0.25) is 4.79 Å². The topological polar surface area (TPSA) is 85.8 Å². The molecule has 7 nitrogen and oxygen atoms in total. The average molecular weight is 472 g/mol. The molecule has 0 aliphatic rings. The zero-order valence-electron chi connectivity index (χ0n) is 20.9. The van der Waals surface area contributed by atoms with Crippen LogP contribution in [0, 0.1) is 12.8 Å². The number of rotatable bonds is 10. The molecule has 1 amide bonds. The van der Waals surface area contributed by atoms with Crippen molar-refractivity contribution >= 4 is 5.91 Å². The SMILES string of the molecule is Cc1nnc(-c2cc(CCC(C)C)n(-c3cccc(C(=O)N[C@H](C)CCc4ccccc4)c3)n2)o1. The summed E-state index contributed by atoms with van der Waals surface area (Å²) in [6.45, 7) is 8.21. The van der Waals surface area contributed by atoms with Gasteiger partial charge in [-0.1, -0.05) is 50.2 Å². The first-order chi connectivity index (χ1) is 16.9. The lowest BCUT2D eigenvalue weighted by Gasteiger charge is -2.15. The molecule has 4 rings (SSSR count). The molecular weight excluding hydrogens is 438 g/mol. The van der Waals surface area contributed by atoms with Crippen molar-refractivity contribution in [2.24, 2.45) is 5.92 Å². The molecule has 0 aliphatic carbocycles. The molecule has 0 fully saturated rings. The first-order valence-electron chi connectivity index (χ1n) is 12.2. The summed E-state index contributed by atoms with van der Waals surface area (Å²) in [5.41, 5.74) is 4.38. The Balaban J connectivity index is 1.51. The molecule has 2 heterocycles. The Kier molecular flexibility index (Phi) is 7.75. The number of amides is 1. The lowest BCUT2D eigenvalue weighted by atomic mass is 10.1. The molecule has 0 unspecified atom stereocenters. The fourth-order valence-corrected chi connectivity index (χ4v) is 3.95. The number of nitrogens with zero attached hydrogens (tertiary/aromatic N) is 4. The van der Waals surface area contributed by atoms with E-state index in [4.69, 9.17) is 9.52 Å². The van der Waals surface area contributed by atoms with Crippen molar-refractivity contribution in [2.75, 3.05) is 0 Å². The first kappa shape index (κ1) is 24.4. The van der Waals surface area contributed by atoms with Crippen LogP contribution in [-0.4, -0.2) is 31.9 Å². The molecule has 2 aromatic carbocycles. The van der Waals surface area contributed by atoms with Crippen molar-refractivity contribution in [3.8, 4) is 17.3 Å². The van der Waals surface area contributed by atoms with Crippen molar-refractivity contribution in [1.29, 1.82) is 0 Å². The van der Waals surface area contributed by atoms with E-state index in [9.17, 15) is 4.79 Å². The molecule has 35 heavy (non-hydrogen) atoms. The summed E-state index contributed by atoms with van der Waals surface area (Å²) in [6.07, 6.45) is 3.67. The van der Waals surface area contributed by atoms with Gasteiger partial charge in [-0.2, -0.15) is 5.10 Å². The molecule has 0 bridgehead atoms. The molecule has 0 saturated carbocycles. The van der Waals surface area contributed by atoms with Crippen LogP contribution in [0.1, 0.15) is 61.1 Å². The summed E-state index contributed by atoms with van der Waals surface area (Å²) in [7, 11) is 0. The van der Waals surface area contributed by atoms with Crippen molar-refractivity contribution in [1.82, 2.24) is 25.3 Å². The smallest absolute Gasteiger partial charge is 0.268 e. The van der Waals surface area contributed by atoms with Crippen LogP contribution in [0.4, 0.5) is 0 Å². The van der Waals surface area contributed by atoms with Crippen LogP contribution >= 0.6 is 0 Å². The number of carbonyl (C=O) groups excluding carboxylic acids is 1. The van der Waals surface area contributed by atoms with Gasteiger partial charge in [0.2, 0.25) is 5.89 Å². The predicted octanol–water partition coefficient (Wildman–Crippen LogP) is 5.57. The number of hydrogen-bond donors (Lipinski definition) is 1. The minimum Gasteiger partial charge on any atom is -0.420 e. The Morgan fingerprint density at radius 2 is 1.77 bits per heavy atom. The highest BCUT2D eigenvalue weighted by molar-refractivity contribution is 5.94. The maximum absolute atomic E-state index is 13.0. The largest absolute Gasteiger partial charge is 0.420 e. The van der Waals surface area contributed by atoms with Crippen LogP contribution in [0.5, 0.6) is 0 Å². The number of carbonyl (C=O) groups is 1. The van der Waals surface area contributed by atoms with Crippen LogP contribution in [-0.2, 0) is 12.8 Å². The normalized spacial score (nSPS) is 12.1. The maximum Gasteiger partial charge on any atom is 0.268 e. The van der Waals surface area contributed by atoms with Crippen LogP contribution < -0.4 is 5.32 Å². The molecular formula is C28H33N5O2. The van der Waals surface area contributed by atoms with Gasteiger partial charge in [0.05, 0.1) is 5.69 Å². The van der Waals surface area contributed by atoms with Gasteiger partial charge in [-0.15, -0.1) is 10.2 Å². The van der Waals surface area contributed by atoms with Crippen LogP contribution in [0.25, 0.3) is 17.3 Å². The van der Waals surface area contributed by atoms with E-state index in [1.165, 1.54) is 5.56 Å². The van der Waals surface area contributed by atoms with E-state index in [1.807, 2.05) is 60.1 Å². The third-order valence-corrected chi connectivity index (χ3v) is 5.95. The molecule has 1 N–H and O–H groups in total. The molecule has 7 heteroatoms. The quantitative estimate of drug-likeness (QED) is 0.327.